The van der Waals surface area contributed by atoms with Gasteiger partial charge in [-0.15, -0.1) is 0 Å². The van der Waals surface area contributed by atoms with Crippen LogP contribution in [0.4, 0.5) is 21.8 Å². The number of hydrogen-bond donors (Lipinski definition) is 2. The van der Waals surface area contributed by atoms with Gasteiger partial charge in [0, 0.05) is 23.7 Å². The quantitative estimate of drug-likeness (QED) is 0.807. The lowest BCUT2D eigenvalue weighted by atomic mass is 10.2. The molecule has 0 saturated heterocycles. The van der Waals surface area contributed by atoms with Gasteiger partial charge in [-0.25, -0.2) is 9.37 Å². The molecule has 0 radical (unpaired) electrons. The average Bonchev–Trinajstić information content (AvgIpc) is 3.34. The van der Waals surface area contributed by atoms with Crippen LogP contribution in [0.25, 0.3) is 0 Å². The largest absolute Gasteiger partial charge is 0.352 e. The second kappa shape index (κ2) is 6.52. The molecule has 122 valence electrons. The summed E-state index contributed by atoms with van der Waals surface area (Å²) in [5.74, 6) is 1.73. The summed E-state index contributed by atoms with van der Waals surface area (Å²) in [4.78, 5) is 9.20. The molecule has 1 aliphatic carbocycles. The molecule has 23 heavy (non-hydrogen) atoms. The fraction of sp³-hybridized carbons (Fsp3) is 0.444. The Morgan fingerprint density at radius 3 is 2.70 bits per heavy atom. The van der Waals surface area contributed by atoms with Crippen molar-refractivity contribution in [2.75, 3.05) is 10.6 Å². The number of aryl methyl sites for hydroxylation is 1. The molecule has 1 heterocycles. The third-order valence-electron chi connectivity index (χ3n) is 4.18. The Balaban J connectivity index is 1.87. The van der Waals surface area contributed by atoms with Gasteiger partial charge in [-0.05, 0) is 56.9 Å². The molecule has 0 bridgehead atoms. The average molecular weight is 314 g/mol. The minimum Gasteiger partial charge on any atom is -0.352 e. The molecule has 0 unspecified atom stereocenters. The van der Waals surface area contributed by atoms with Gasteiger partial charge in [-0.1, -0.05) is 6.92 Å². The van der Waals surface area contributed by atoms with Gasteiger partial charge in [-0.3, -0.25) is 0 Å². The lowest BCUT2D eigenvalue weighted by molar-refractivity contribution is 0.627. The number of benzene rings is 1. The first kappa shape index (κ1) is 15.7. The summed E-state index contributed by atoms with van der Waals surface area (Å²) in [5.41, 5.74) is 2.79. The summed E-state index contributed by atoms with van der Waals surface area (Å²) < 4.78 is 13.2. The van der Waals surface area contributed by atoms with Gasteiger partial charge in [0.05, 0.1) is 5.69 Å². The van der Waals surface area contributed by atoms with Crippen molar-refractivity contribution >= 4 is 17.5 Å². The fourth-order valence-electron chi connectivity index (χ4n) is 2.41. The van der Waals surface area contributed by atoms with E-state index in [1.807, 2.05) is 13.0 Å². The van der Waals surface area contributed by atoms with E-state index >= 15 is 0 Å². The Kier molecular flexibility index (Phi) is 4.46. The van der Waals surface area contributed by atoms with E-state index in [0.717, 1.165) is 29.2 Å². The van der Waals surface area contributed by atoms with Gasteiger partial charge in [0.1, 0.15) is 11.6 Å². The Hall–Kier alpha value is -2.17. The minimum atomic E-state index is -0.228. The number of aromatic nitrogens is 2. The minimum absolute atomic E-state index is 0.228. The zero-order valence-corrected chi connectivity index (χ0v) is 13.9. The maximum atomic E-state index is 13.2. The molecule has 0 aliphatic heterocycles. The molecule has 2 aromatic rings. The molecule has 1 aliphatic rings. The molecule has 1 aromatic heterocycles. The third-order valence-corrected chi connectivity index (χ3v) is 4.18. The van der Waals surface area contributed by atoms with Gasteiger partial charge < -0.3 is 10.6 Å². The highest BCUT2D eigenvalue weighted by atomic mass is 19.1. The highest BCUT2D eigenvalue weighted by Crippen LogP contribution is 2.40. The van der Waals surface area contributed by atoms with E-state index in [4.69, 9.17) is 0 Å². The van der Waals surface area contributed by atoms with Crippen LogP contribution in [0, 0.1) is 12.7 Å². The van der Waals surface area contributed by atoms with Crippen molar-refractivity contribution < 1.29 is 4.39 Å². The summed E-state index contributed by atoms with van der Waals surface area (Å²) in [7, 11) is 0. The molecular formula is C18H23FN4. The van der Waals surface area contributed by atoms with Crippen molar-refractivity contribution in [2.45, 2.75) is 52.0 Å². The fourth-order valence-corrected chi connectivity index (χ4v) is 2.41. The van der Waals surface area contributed by atoms with Crippen molar-refractivity contribution in [1.82, 2.24) is 9.97 Å². The predicted molar refractivity (Wildman–Crippen MR) is 91.8 cm³/mol. The SMILES string of the molecule is CC[C@@H](C)Nc1nc(Nc2ccc(F)cc2C)cc(C2CC2)n1. The van der Waals surface area contributed by atoms with Crippen LogP contribution in [-0.2, 0) is 0 Å². The normalized spacial score (nSPS) is 15.3. The predicted octanol–water partition coefficient (Wildman–Crippen LogP) is 4.76. The summed E-state index contributed by atoms with van der Waals surface area (Å²) in [6.45, 7) is 6.13. The van der Waals surface area contributed by atoms with Crippen molar-refractivity contribution in [1.29, 1.82) is 0 Å². The molecule has 5 heteroatoms. The highest BCUT2D eigenvalue weighted by molar-refractivity contribution is 5.61. The molecule has 0 spiro atoms. The smallest absolute Gasteiger partial charge is 0.225 e. The van der Waals surface area contributed by atoms with Gasteiger partial charge in [0.15, 0.2) is 0 Å². The summed E-state index contributed by atoms with van der Waals surface area (Å²) in [5, 5.41) is 6.64. The van der Waals surface area contributed by atoms with E-state index in [1.54, 1.807) is 6.07 Å². The van der Waals surface area contributed by atoms with Crippen LogP contribution in [0.15, 0.2) is 24.3 Å². The summed E-state index contributed by atoms with van der Waals surface area (Å²) in [6, 6.07) is 7.04. The molecule has 1 aromatic carbocycles. The Morgan fingerprint density at radius 2 is 2.04 bits per heavy atom. The van der Waals surface area contributed by atoms with Crippen molar-refractivity contribution in [3.63, 3.8) is 0 Å². The maximum Gasteiger partial charge on any atom is 0.225 e. The van der Waals surface area contributed by atoms with Crippen LogP contribution >= 0.6 is 0 Å². The van der Waals surface area contributed by atoms with E-state index in [2.05, 4.69) is 34.4 Å². The van der Waals surface area contributed by atoms with Crippen molar-refractivity contribution in [3.05, 3.63) is 41.3 Å². The van der Waals surface area contributed by atoms with Gasteiger partial charge in [0.2, 0.25) is 5.95 Å². The van der Waals surface area contributed by atoms with Crippen LogP contribution < -0.4 is 10.6 Å². The van der Waals surface area contributed by atoms with Gasteiger partial charge >= 0.3 is 0 Å². The number of halogens is 1. The molecular weight excluding hydrogens is 291 g/mol. The lowest BCUT2D eigenvalue weighted by Gasteiger charge is -2.15. The summed E-state index contributed by atoms with van der Waals surface area (Å²) in [6.07, 6.45) is 3.39. The zero-order valence-electron chi connectivity index (χ0n) is 13.9. The lowest BCUT2D eigenvalue weighted by Crippen LogP contribution is -2.16. The number of hydrogen-bond acceptors (Lipinski definition) is 4. The summed E-state index contributed by atoms with van der Waals surface area (Å²) >= 11 is 0. The van der Waals surface area contributed by atoms with Gasteiger partial charge in [0.25, 0.3) is 0 Å². The van der Waals surface area contributed by atoms with Crippen LogP contribution in [0.1, 0.15) is 50.3 Å². The number of anilines is 3. The Labute approximate surface area is 136 Å². The monoisotopic (exact) mass is 314 g/mol. The first-order valence-electron chi connectivity index (χ1n) is 8.24. The van der Waals surface area contributed by atoms with E-state index < -0.39 is 0 Å². The first-order valence-corrected chi connectivity index (χ1v) is 8.24. The molecule has 0 amide bonds. The molecule has 1 atom stereocenters. The molecule has 3 rings (SSSR count). The van der Waals surface area contributed by atoms with Crippen molar-refractivity contribution in [3.8, 4) is 0 Å². The van der Waals surface area contributed by atoms with Gasteiger partial charge in [-0.2, -0.15) is 4.98 Å². The van der Waals surface area contributed by atoms with E-state index in [9.17, 15) is 4.39 Å². The molecule has 1 fully saturated rings. The van der Waals surface area contributed by atoms with Crippen molar-refractivity contribution in [2.24, 2.45) is 0 Å². The Morgan fingerprint density at radius 1 is 1.26 bits per heavy atom. The molecule has 4 nitrogen and oxygen atoms in total. The third kappa shape index (κ3) is 3.97. The topological polar surface area (TPSA) is 49.8 Å². The highest BCUT2D eigenvalue weighted by Gasteiger charge is 2.26. The number of nitrogens with zero attached hydrogens (tertiary/aromatic N) is 2. The standard InChI is InChI=1S/C18H23FN4/c1-4-12(3)20-18-22-16(13-5-6-13)10-17(23-18)21-15-8-7-14(19)9-11(15)2/h7-10,12-13H,4-6H2,1-3H3,(H2,20,21,22,23)/t12-/m1/s1. The van der Waals surface area contributed by atoms with E-state index in [1.165, 1.54) is 25.0 Å². The molecule has 1 saturated carbocycles. The first-order chi connectivity index (χ1) is 11.0. The number of nitrogens with one attached hydrogen (secondary N) is 2. The van der Waals surface area contributed by atoms with Crippen LogP contribution in [0.5, 0.6) is 0 Å². The van der Waals surface area contributed by atoms with Crippen LogP contribution in [-0.4, -0.2) is 16.0 Å². The van der Waals surface area contributed by atoms with Crippen LogP contribution in [0.2, 0.25) is 0 Å². The second-order valence-corrected chi connectivity index (χ2v) is 6.31. The number of rotatable bonds is 6. The molecule has 2 N–H and O–H groups in total. The maximum absolute atomic E-state index is 13.2. The second-order valence-electron chi connectivity index (χ2n) is 6.31. The van der Waals surface area contributed by atoms with E-state index in [-0.39, 0.29) is 5.82 Å². The van der Waals surface area contributed by atoms with E-state index in [0.29, 0.717) is 17.9 Å². The zero-order chi connectivity index (χ0) is 16.4. The van der Waals surface area contributed by atoms with Crippen LogP contribution in [0.3, 0.4) is 0 Å². The Bertz CT molecular complexity index is 697.